The van der Waals surface area contributed by atoms with Crippen LogP contribution in [0.2, 0.25) is 0 Å². The predicted octanol–water partition coefficient (Wildman–Crippen LogP) is 3.94. The van der Waals surface area contributed by atoms with E-state index in [1.54, 1.807) is 42.6 Å². The Bertz CT molecular complexity index is 1120. The second-order valence-electron chi connectivity index (χ2n) is 7.00. The summed E-state index contributed by atoms with van der Waals surface area (Å²) in [5.41, 5.74) is 2.32. The van der Waals surface area contributed by atoms with Gasteiger partial charge in [-0.05, 0) is 43.3 Å². The fourth-order valence-electron chi connectivity index (χ4n) is 3.86. The van der Waals surface area contributed by atoms with Crippen molar-refractivity contribution in [3.63, 3.8) is 0 Å². The van der Waals surface area contributed by atoms with Gasteiger partial charge in [0, 0.05) is 28.6 Å². The highest BCUT2D eigenvalue weighted by Crippen LogP contribution is 2.46. The summed E-state index contributed by atoms with van der Waals surface area (Å²) in [5, 5.41) is 12.0. The Hall–Kier alpha value is -3.44. The van der Waals surface area contributed by atoms with Crippen LogP contribution in [0.15, 0.2) is 71.7 Å². The highest BCUT2D eigenvalue weighted by molar-refractivity contribution is 6.12. The third-order valence-electron chi connectivity index (χ3n) is 5.26. The van der Waals surface area contributed by atoms with Gasteiger partial charge in [-0.15, -0.1) is 0 Å². The molecule has 5 heteroatoms. The minimum Gasteiger partial charge on any atom is -0.486 e. The fraction of sp³-hybridized carbons (Fsp3) is 0.130. The predicted molar refractivity (Wildman–Crippen MR) is 108 cm³/mol. The van der Waals surface area contributed by atoms with Gasteiger partial charge in [-0.2, -0.15) is 0 Å². The summed E-state index contributed by atoms with van der Waals surface area (Å²) in [6, 6.07) is 20.1. The number of amides is 1. The van der Waals surface area contributed by atoms with E-state index in [-0.39, 0.29) is 5.91 Å². The van der Waals surface area contributed by atoms with Crippen LogP contribution in [0.1, 0.15) is 27.0 Å². The first kappa shape index (κ1) is 16.7. The van der Waals surface area contributed by atoms with Crippen LogP contribution < -0.4 is 9.64 Å². The summed E-state index contributed by atoms with van der Waals surface area (Å²) >= 11 is 0. The Balaban J connectivity index is 1.74. The summed E-state index contributed by atoms with van der Waals surface area (Å²) in [4.78, 5) is 19.1. The van der Waals surface area contributed by atoms with Crippen LogP contribution in [0.4, 0.5) is 11.4 Å². The third kappa shape index (κ3) is 2.30. The second kappa shape index (κ2) is 6.04. The highest BCUT2D eigenvalue weighted by Gasteiger charge is 2.50. The molecule has 2 heterocycles. The molecule has 2 aliphatic heterocycles. The van der Waals surface area contributed by atoms with Gasteiger partial charge in [-0.1, -0.05) is 35.9 Å². The number of nitrogens with zero attached hydrogens (tertiary/aromatic N) is 2. The summed E-state index contributed by atoms with van der Waals surface area (Å²) in [6.45, 7) is 2.41. The molecule has 2 aliphatic rings. The lowest BCUT2D eigenvalue weighted by Gasteiger charge is -2.35. The van der Waals surface area contributed by atoms with E-state index in [1.807, 2.05) is 37.3 Å². The average molecular weight is 370 g/mol. The summed E-state index contributed by atoms with van der Waals surface area (Å²) in [5.74, 6) is 0.425. The highest BCUT2D eigenvalue weighted by atomic mass is 16.5. The van der Waals surface area contributed by atoms with E-state index < -0.39 is 5.72 Å². The standard InChI is InChI=1S/C23H18N2O3/c1-15-6-9-17(10-7-15)25-22(26)18-4-2-3-5-19(18)23(25,27)16-8-11-21-20(14-16)24-12-13-28-21/h2-12,14,27H,13H2,1H3. The SMILES string of the molecule is Cc1ccc(N2C(=O)c3ccccc3C2(O)c2ccc3c(c2)N=CCO3)cc1. The van der Waals surface area contributed by atoms with Crippen molar-refractivity contribution in [2.24, 2.45) is 4.99 Å². The van der Waals surface area contributed by atoms with Gasteiger partial charge in [0.2, 0.25) is 0 Å². The Labute approximate surface area is 162 Å². The van der Waals surface area contributed by atoms with Crippen molar-refractivity contribution in [2.75, 3.05) is 11.5 Å². The average Bonchev–Trinajstić information content (AvgIpc) is 2.97. The molecule has 0 fully saturated rings. The monoisotopic (exact) mass is 370 g/mol. The first-order chi connectivity index (χ1) is 13.6. The van der Waals surface area contributed by atoms with E-state index in [1.165, 1.54) is 4.90 Å². The molecule has 0 spiro atoms. The first-order valence-electron chi connectivity index (χ1n) is 9.12. The molecule has 0 aromatic heterocycles. The summed E-state index contributed by atoms with van der Waals surface area (Å²) in [6.07, 6.45) is 1.68. The summed E-state index contributed by atoms with van der Waals surface area (Å²) in [7, 11) is 0. The maximum Gasteiger partial charge on any atom is 0.261 e. The number of aryl methyl sites for hydroxylation is 1. The lowest BCUT2D eigenvalue weighted by atomic mass is 9.93. The molecule has 138 valence electrons. The van der Waals surface area contributed by atoms with Crippen molar-refractivity contribution in [3.8, 4) is 5.75 Å². The van der Waals surface area contributed by atoms with E-state index in [0.29, 0.717) is 40.4 Å². The van der Waals surface area contributed by atoms with Gasteiger partial charge in [0.05, 0.1) is 0 Å². The fourth-order valence-corrected chi connectivity index (χ4v) is 3.86. The van der Waals surface area contributed by atoms with Gasteiger partial charge in [0.1, 0.15) is 18.0 Å². The molecule has 0 radical (unpaired) electrons. The number of ether oxygens (including phenoxy) is 1. The molecule has 1 N–H and O–H groups in total. The van der Waals surface area contributed by atoms with Crippen LogP contribution in [0.3, 0.4) is 0 Å². The normalized spacial score (nSPS) is 19.9. The van der Waals surface area contributed by atoms with Crippen molar-refractivity contribution >= 4 is 23.5 Å². The Morgan fingerprint density at radius 1 is 1.07 bits per heavy atom. The number of anilines is 1. The lowest BCUT2D eigenvalue weighted by Crippen LogP contribution is -2.45. The zero-order chi connectivity index (χ0) is 19.3. The van der Waals surface area contributed by atoms with Crippen LogP contribution in [-0.2, 0) is 5.72 Å². The molecule has 1 amide bonds. The summed E-state index contributed by atoms with van der Waals surface area (Å²) < 4.78 is 5.58. The van der Waals surface area contributed by atoms with Gasteiger partial charge in [-0.25, -0.2) is 0 Å². The minimum absolute atomic E-state index is 0.237. The molecule has 0 saturated carbocycles. The van der Waals surface area contributed by atoms with E-state index >= 15 is 0 Å². The molecule has 1 atom stereocenters. The Morgan fingerprint density at radius 3 is 2.68 bits per heavy atom. The molecule has 0 bridgehead atoms. The van der Waals surface area contributed by atoms with Crippen LogP contribution >= 0.6 is 0 Å². The number of hydrogen-bond acceptors (Lipinski definition) is 4. The van der Waals surface area contributed by atoms with Crippen LogP contribution in [0.25, 0.3) is 0 Å². The smallest absolute Gasteiger partial charge is 0.261 e. The van der Waals surface area contributed by atoms with Gasteiger partial charge < -0.3 is 9.84 Å². The minimum atomic E-state index is -1.63. The molecule has 3 aromatic carbocycles. The largest absolute Gasteiger partial charge is 0.486 e. The maximum atomic E-state index is 13.3. The number of carbonyl (C=O) groups is 1. The van der Waals surface area contributed by atoms with Crippen molar-refractivity contribution in [2.45, 2.75) is 12.6 Å². The molecular weight excluding hydrogens is 352 g/mol. The molecule has 1 unspecified atom stereocenters. The maximum absolute atomic E-state index is 13.3. The number of benzene rings is 3. The lowest BCUT2D eigenvalue weighted by molar-refractivity contribution is 0.0703. The molecule has 5 rings (SSSR count). The van der Waals surface area contributed by atoms with E-state index in [0.717, 1.165) is 5.56 Å². The number of carbonyl (C=O) groups excluding carboxylic acids is 1. The van der Waals surface area contributed by atoms with Crippen molar-refractivity contribution < 1.29 is 14.6 Å². The van der Waals surface area contributed by atoms with E-state index in [9.17, 15) is 9.90 Å². The third-order valence-corrected chi connectivity index (χ3v) is 5.26. The van der Waals surface area contributed by atoms with Gasteiger partial charge >= 0.3 is 0 Å². The van der Waals surface area contributed by atoms with Crippen molar-refractivity contribution in [3.05, 3.63) is 89.0 Å². The molecule has 0 saturated heterocycles. The number of hydrogen-bond donors (Lipinski definition) is 1. The molecule has 28 heavy (non-hydrogen) atoms. The van der Waals surface area contributed by atoms with Gasteiger partial charge in [-0.3, -0.25) is 14.7 Å². The molecular formula is C23H18N2O3. The van der Waals surface area contributed by atoms with Crippen LogP contribution in [0, 0.1) is 6.92 Å². The van der Waals surface area contributed by atoms with E-state index in [2.05, 4.69) is 4.99 Å². The first-order valence-corrected chi connectivity index (χ1v) is 9.12. The number of rotatable bonds is 2. The van der Waals surface area contributed by atoms with Gasteiger partial charge in [0.15, 0.2) is 5.72 Å². The van der Waals surface area contributed by atoms with Crippen molar-refractivity contribution in [1.29, 1.82) is 0 Å². The van der Waals surface area contributed by atoms with Crippen LogP contribution in [0.5, 0.6) is 5.75 Å². The Kier molecular flexibility index (Phi) is 3.60. The quantitative estimate of drug-likeness (QED) is 0.743. The van der Waals surface area contributed by atoms with Crippen LogP contribution in [-0.4, -0.2) is 23.8 Å². The molecule has 0 aliphatic carbocycles. The number of aliphatic hydroxyl groups is 1. The molecule has 3 aromatic rings. The number of aliphatic imine (C=N–C) groups is 1. The second-order valence-corrected chi connectivity index (χ2v) is 7.00. The zero-order valence-corrected chi connectivity index (χ0v) is 15.3. The topological polar surface area (TPSA) is 62.1 Å². The molecule has 5 nitrogen and oxygen atoms in total. The zero-order valence-electron chi connectivity index (χ0n) is 15.3. The van der Waals surface area contributed by atoms with Crippen molar-refractivity contribution in [1.82, 2.24) is 0 Å². The Morgan fingerprint density at radius 2 is 1.86 bits per heavy atom. The number of fused-ring (bicyclic) bond motifs is 2. The van der Waals surface area contributed by atoms with Gasteiger partial charge in [0.25, 0.3) is 5.91 Å². The van der Waals surface area contributed by atoms with E-state index in [4.69, 9.17) is 4.74 Å².